The van der Waals surface area contributed by atoms with Crippen LogP contribution in [0.5, 0.6) is 0 Å². The first-order valence-corrected chi connectivity index (χ1v) is 7.80. The van der Waals surface area contributed by atoms with Crippen molar-refractivity contribution in [1.82, 2.24) is 25.6 Å². The van der Waals surface area contributed by atoms with Crippen LogP contribution in [-0.4, -0.2) is 31.8 Å². The first-order chi connectivity index (χ1) is 11.2. The lowest BCUT2D eigenvalue weighted by atomic mass is 10.2. The molecule has 0 saturated carbocycles. The Labute approximate surface area is 136 Å². The second-order valence-corrected chi connectivity index (χ2v) is 5.67. The van der Waals surface area contributed by atoms with Crippen LogP contribution >= 0.6 is 11.3 Å². The van der Waals surface area contributed by atoms with Gasteiger partial charge < -0.3 is 0 Å². The van der Waals surface area contributed by atoms with E-state index in [9.17, 15) is 4.79 Å². The standard InChI is InChI=1S/C15H14N6OS/c1-11(13-8-5-9-23-13)16-17-14(22)10-21-19-15(18-20-21)12-6-3-2-4-7-12/h2-9H,10H2,1H3,(H,17,22)/b16-11-. The fourth-order valence-corrected chi connectivity index (χ4v) is 2.54. The number of thiophene rings is 1. The smallest absolute Gasteiger partial charge is 0.263 e. The third kappa shape index (κ3) is 3.86. The first-order valence-electron chi connectivity index (χ1n) is 6.92. The van der Waals surface area contributed by atoms with Crippen molar-refractivity contribution >= 4 is 23.0 Å². The van der Waals surface area contributed by atoms with Gasteiger partial charge in [0, 0.05) is 10.4 Å². The molecule has 1 amide bonds. The first kappa shape index (κ1) is 15.0. The Bertz CT molecular complexity index is 810. The van der Waals surface area contributed by atoms with Crippen LogP contribution < -0.4 is 5.43 Å². The average Bonchev–Trinajstić information content (AvgIpc) is 3.25. The van der Waals surface area contributed by atoms with Crippen molar-refractivity contribution in [2.75, 3.05) is 0 Å². The molecule has 0 aliphatic heterocycles. The van der Waals surface area contributed by atoms with Crippen LogP contribution in [0.2, 0.25) is 0 Å². The van der Waals surface area contributed by atoms with Gasteiger partial charge in [-0.15, -0.1) is 21.5 Å². The normalized spacial score (nSPS) is 11.4. The molecule has 0 spiro atoms. The van der Waals surface area contributed by atoms with Gasteiger partial charge in [-0.05, 0) is 23.6 Å². The number of carbonyl (C=O) groups excluding carboxylic acids is 1. The fourth-order valence-electron chi connectivity index (χ4n) is 1.86. The molecule has 1 N–H and O–H groups in total. The summed E-state index contributed by atoms with van der Waals surface area (Å²) in [5.74, 6) is 0.176. The summed E-state index contributed by atoms with van der Waals surface area (Å²) in [6.45, 7) is 1.80. The maximum Gasteiger partial charge on any atom is 0.263 e. The predicted molar refractivity (Wildman–Crippen MR) is 87.9 cm³/mol. The Morgan fingerprint density at radius 3 is 2.83 bits per heavy atom. The maximum atomic E-state index is 11.9. The van der Waals surface area contributed by atoms with Gasteiger partial charge >= 0.3 is 0 Å². The van der Waals surface area contributed by atoms with Gasteiger partial charge in [0.25, 0.3) is 5.91 Å². The van der Waals surface area contributed by atoms with Crippen molar-refractivity contribution in [3.05, 3.63) is 52.7 Å². The zero-order valence-electron chi connectivity index (χ0n) is 12.4. The van der Waals surface area contributed by atoms with Crippen molar-refractivity contribution in [3.63, 3.8) is 0 Å². The van der Waals surface area contributed by atoms with E-state index in [2.05, 4.69) is 25.9 Å². The van der Waals surface area contributed by atoms with Gasteiger partial charge in [-0.3, -0.25) is 4.79 Å². The monoisotopic (exact) mass is 326 g/mol. The van der Waals surface area contributed by atoms with E-state index in [1.54, 1.807) is 11.3 Å². The Morgan fingerprint density at radius 2 is 2.09 bits per heavy atom. The third-order valence-electron chi connectivity index (χ3n) is 3.00. The molecule has 2 aromatic heterocycles. The molecule has 0 unspecified atom stereocenters. The number of tetrazole rings is 1. The Hall–Kier alpha value is -2.87. The molecule has 0 saturated heterocycles. The molecule has 7 nitrogen and oxygen atoms in total. The molecule has 0 atom stereocenters. The van der Waals surface area contributed by atoms with Crippen LogP contribution in [0.1, 0.15) is 11.8 Å². The van der Waals surface area contributed by atoms with Gasteiger partial charge in [-0.1, -0.05) is 36.4 Å². The maximum absolute atomic E-state index is 11.9. The molecular formula is C15H14N6OS. The molecular weight excluding hydrogens is 312 g/mol. The zero-order valence-corrected chi connectivity index (χ0v) is 13.2. The lowest BCUT2D eigenvalue weighted by Crippen LogP contribution is -2.25. The van der Waals surface area contributed by atoms with Crippen molar-refractivity contribution in [2.45, 2.75) is 13.5 Å². The summed E-state index contributed by atoms with van der Waals surface area (Å²) in [6, 6.07) is 13.4. The number of hydrazone groups is 1. The summed E-state index contributed by atoms with van der Waals surface area (Å²) < 4.78 is 0. The highest BCUT2D eigenvalue weighted by molar-refractivity contribution is 7.12. The zero-order chi connectivity index (χ0) is 16.1. The number of amides is 1. The Morgan fingerprint density at radius 1 is 1.26 bits per heavy atom. The van der Waals surface area contributed by atoms with E-state index in [0.29, 0.717) is 5.82 Å². The number of nitrogens with one attached hydrogen (secondary N) is 1. The van der Waals surface area contributed by atoms with Crippen LogP contribution in [0.25, 0.3) is 11.4 Å². The largest absolute Gasteiger partial charge is 0.271 e. The summed E-state index contributed by atoms with van der Waals surface area (Å²) in [5.41, 5.74) is 4.10. The summed E-state index contributed by atoms with van der Waals surface area (Å²) in [5, 5.41) is 18.0. The Kier molecular flexibility index (Phi) is 4.53. The van der Waals surface area contributed by atoms with Gasteiger partial charge in [0.15, 0.2) is 0 Å². The van der Waals surface area contributed by atoms with Gasteiger partial charge in [0.1, 0.15) is 6.54 Å². The lowest BCUT2D eigenvalue weighted by Gasteiger charge is -2.00. The van der Waals surface area contributed by atoms with Gasteiger partial charge in [0.2, 0.25) is 5.82 Å². The van der Waals surface area contributed by atoms with E-state index in [-0.39, 0.29) is 12.5 Å². The highest BCUT2D eigenvalue weighted by Crippen LogP contribution is 2.11. The van der Waals surface area contributed by atoms with E-state index < -0.39 is 0 Å². The number of rotatable bonds is 5. The molecule has 0 aliphatic carbocycles. The van der Waals surface area contributed by atoms with Gasteiger partial charge in [-0.25, -0.2) is 5.43 Å². The minimum Gasteiger partial charge on any atom is -0.271 e. The molecule has 1 aromatic carbocycles. The van der Waals surface area contributed by atoms with Gasteiger partial charge in [0.05, 0.1) is 5.71 Å². The van der Waals surface area contributed by atoms with Crippen molar-refractivity contribution in [3.8, 4) is 11.4 Å². The highest BCUT2D eigenvalue weighted by atomic mass is 32.1. The molecule has 0 bridgehead atoms. The molecule has 0 aliphatic rings. The number of hydrogen-bond donors (Lipinski definition) is 1. The van der Waals surface area contributed by atoms with Crippen LogP contribution in [-0.2, 0) is 11.3 Å². The number of nitrogens with zero attached hydrogens (tertiary/aromatic N) is 5. The van der Waals surface area contributed by atoms with Crippen molar-refractivity contribution in [2.24, 2.45) is 5.10 Å². The molecule has 0 radical (unpaired) electrons. The SMILES string of the molecule is C/C(=N/NC(=O)Cn1nnc(-c2ccccc2)n1)c1cccs1. The van der Waals surface area contributed by atoms with E-state index in [1.807, 2.05) is 54.8 Å². The van der Waals surface area contributed by atoms with Crippen LogP contribution in [0.15, 0.2) is 52.9 Å². The number of carbonyl (C=O) groups is 1. The van der Waals surface area contributed by atoms with Crippen LogP contribution in [0, 0.1) is 0 Å². The molecule has 116 valence electrons. The fraction of sp³-hybridized carbons (Fsp3) is 0.133. The second-order valence-electron chi connectivity index (χ2n) is 4.72. The van der Waals surface area contributed by atoms with Gasteiger partial charge in [-0.2, -0.15) is 9.90 Å². The molecule has 23 heavy (non-hydrogen) atoms. The van der Waals surface area contributed by atoms with Crippen molar-refractivity contribution < 1.29 is 4.79 Å². The second kappa shape index (κ2) is 6.93. The van der Waals surface area contributed by atoms with E-state index in [4.69, 9.17) is 0 Å². The molecule has 3 rings (SSSR count). The number of hydrogen-bond acceptors (Lipinski definition) is 6. The molecule has 0 fully saturated rings. The van der Waals surface area contributed by atoms with Crippen molar-refractivity contribution in [1.29, 1.82) is 0 Å². The predicted octanol–water partition coefficient (Wildman–Crippen LogP) is 1.94. The molecule has 8 heteroatoms. The summed E-state index contributed by atoms with van der Waals surface area (Å²) >= 11 is 1.57. The third-order valence-corrected chi connectivity index (χ3v) is 3.97. The highest BCUT2D eigenvalue weighted by Gasteiger charge is 2.09. The average molecular weight is 326 g/mol. The quantitative estimate of drug-likeness (QED) is 0.573. The van der Waals surface area contributed by atoms with Crippen LogP contribution in [0.3, 0.4) is 0 Å². The minimum absolute atomic E-state index is 0.0406. The van der Waals surface area contributed by atoms with E-state index in [1.165, 1.54) is 4.80 Å². The van der Waals surface area contributed by atoms with E-state index >= 15 is 0 Å². The van der Waals surface area contributed by atoms with E-state index in [0.717, 1.165) is 16.2 Å². The molecule has 3 aromatic rings. The summed E-state index contributed by atoms with van der Waals surface area (Å²) in [4.78, 5) is 14.1. The Balaban J connectivity index is 1.60. The number of aromatic nitrogens is 4. The minimum atomic E-state index is -0.307. The lowest BCUT2D eigenvalue weighted by molar-refractivity contribution is -0.122. The summed E-state index contributed by atoms with van der Waals surface area (Å²) in [7, 11) is 0. The topological polar surface area (TPSA) is 85.1 Å². The number of benzene rings is 1. The molecule has 2 heterocycles. The summed E-state index contributed by atoms with van der Waals surface area (Å²) in [6.07, 6.45) is 0. The van der Waals surface area contributed by atoms with Crippen LogP contribution in [0.4, 0.5) is 0 Å².